The van der Waals surface area contributed by atoms with Crippen LogP contribution in [0.15, 0.2) is 42.5 Å². The molecule has 1 unspecified atom stereocenters. The Morgan fingerprint density at radius 2 is 1.95 bits per heavy atom. The predicted molar refractivity (Wildman–Crippen MR) is 83.5 cm³/mol. The summed E-state index contributed by atoms with van der Waals surface area (Å²) in [6, 6.07) is 12.3. The smallest absolute Gasteiger partial charge is 0.311 e. The summed E-state index contributed by atoms with van der Waals surface area (Å²) in [7, 11) is 1.58. The maximum absolute atomic E-state index is 11.5. The largest absolute Gasteiger partial charge is 0.497 e. The van der Waals surface area contributed by atoms with Crippen molar-refractivity contribution < 1.29 is 14.6 Å². The normalized spacial score (nSPS) is 12.0. The summed E-state index contributed by atoms with van der Waals surface area (Å²) in [6.45, 7) is 0. The molecule has 0 saturated carbocycles. The fourth-order valence-corrected chi connectivity index (χ4v) is 2.42. The summed E-state index contributed by atoms with van der Waals surface area (Å²) in [6.07, 6.45) is 0.352. The minimum absolute atomic E-state index is 0.352. The third kappa shape index (κ3) is 3.90. The molecule has 2 aromatic carbocycles. The fraction of sp³-hybridized carbons (Fsp3) is 0.188. The van der Waals surface area contributed by atoms with Crippen LogP contribution in [0.4, 0.5) is 0 Å². The van der Waals surface area contributed by atoms with Crippen molar-refractivity contribution >= 4 is 29.2 Å². The zero-order chi connectivity index (χ0) is 15.4. The number of carboxylic acids is 1. The molecule has 0 bridgehead atoms. The van der Waals surface area contributed by atoms with Gasteiger partial charge in [-0.15, -0.1) is 0 Å². The van der Waals surface area contributed by atoms with Gasteiger partial charge in [0.25, 0.3) is 0 Å². The second-order valence-electron chi connectivity index (χ2n) is 4.62. The molecule has 0 spiro atoms. The van der Waals surface area contributed by atoms with Crippen molar-refractivity contribution in [3.05, 3.63) is 63.6 Å². The molecule has 0 aromatic heterocycles. The first-order valence-corrected chi connectivity index (χ1v) is 7.07. The number of aliphatic carboxylic acids is 1. The maximum atomic E-state index is 11.5. The first-order chi connectivity index (χ1) is 10.0. The van der Waals surface area contributed by atoms with E-state index in [0.29, 0.717) is 27.8 Å². The minimum Gasteiger partial charge on any atom is -0.497 e. The second kappa shape index (κ2) is 6.83. The number of benzene rings is 2. The Labute approximate surface area is 133 Å². The molecule has 0 saturated heterocycles. The van der Waals surface area contributed by atoms with Crippen LogP contribution in [-0.4, -0.2) is 18.2 Å². The summed E-state index contributed by atoms with van der Waals surface area (Å²) in [4.78, 5) is 11.5. The molecule has 21 heavy (non-hydrogen) atoms. The van der Waals surface area contributed by atoms with Crippen molar-refractivity contribution in [2.24, 2.45) is 0 Å². The summed E-state index contributed by atoms with van der Waals surface area (Å²) >= 11 is 11.8. The molecule has 2 rings (SSSR count). The molecule has 1 atom stereocenters. The van der Waals surface area contributed by atoms with E-state index in [1.165, 1.54) is 0 Å². The van der Waals surface area contributed by atoms with E-state index in [4.69, 9.17) is 27.9 Å². The lowest BCUT2D eigenvalue weighted by molar-refractivity contribution is -0.138. The first kappa shape index (κ1) is 15.7. The van der Waals surface area contributed by atoms with E-state index in [9.17, 15) is 9.90 Å². The zero-order valence-electron chi connectivity index (χ0n) is 11.3. The Balaban J connectivity index is 2.30. The number of carbonyl (C=O) groups is 1. The average Bonchev–Trinajstić information content (AvgIpc) is 2.47. The standard InChI is InChI=1S/C16H14Cl2O3/c1-21-12-4-2-3-10(7-12)8-13(16(19)20)11-5-6-14(17)15(18)9-11/h2-7,9,13H,8H2,1H3,(H,19,20). The number of hydrogen-bond acceptors (Lipinski definition) is 2. The highest BCUT2D eigenvalue weighted by molar-refractivity contribution is 6.42. The van der Waals surface area contributed by atoms with E-state index in [1.54, 1.807) is 25.3 Å². The number of hydrogen-bond donors (Lipinski definition) is 1. The van der Waals surface area contributed by atoms with Gasteiger partial charge in [0.2, 0.25) is 0 Å². The molecular formula is C16H14Cl2O3. The lowest BCUT2D eigenvalue weighted by atomic mass is 9.92. The van der Waals surface area contributed by atoms with E-state index in [-0.39, 0.29) is 0 Å². The van der Waals surface area contributed by atoms with Gasteiger partial charge in [0, 0.05) is 0 Å². The van der Waals surface area contributed by atoms with Gasteiger partial charge in [-0.2, -0.15) is 0 Å². The zero-order valence-corrected chi connectivity index (χ0v) is 12.9. The van der Waals surface area contributed by atoms with Crippen LogP contribution in [0.3, 0.4) is 0 Å². The van der Waals surface area contributed by atoms with Gasteiger partial charge < -0.3 is 9.84 Å². The lowest BCUT2D eigenvalue weighted by Gasteiger charge is -2.14. The molecule has 0 heterocycles. The highest BCUT2D eigenvalue weighted by Gasteiger charge is 2.21. The fourth-order valence-electron chi connectivity index (χ4n) is 2.11. The molecule has 2 aromatic rings. The molecule has 0 fully saturated rings. The molecule has 5 heteroatoms. The molecule has 0 aliphatic carbocycles. The van der Waals surface area contributed by atoms with Gasteiger partial charge in [-0.1, -0.05) is 41.4 Å². The summed E-state index contributed by atoms with van der Waals surface area (Å²) < 4.78 is 5.15. The van der Waals surface area contributed by atoms with Gasteiger partial charge in [0.15, 0.2) is 0 Å². The topological polar surface area (TPSA) is 46.5 Å². The van der Waals surface area contributed by atoms with Crippen molar-refractivity contribution in [2.45, 2.75) is 12.3 Å². The molecule has 0 aliphatic rings. The van der Waals surface area contributed by atoms with Crippen molar-refractivity contribution in [3.63, 3.8) is 0 Å². The van der Waals surface area contributed by atoms with Crippen LogP contribution in [0, 0.1) is 0 Å². The van der Waals surface area contributed by atoms with Crippen LogP contribution < -0.4 is 4.74 Å². The molecule has 0 amide bonds. The van der Waals surface area contributed by atoms with Gasteiger partial charge in [0.05, 0.1) is 23.1 Å². The number of ether oxygens (including phenoxy) is 1. The Morgan fingerprint density at radius 3 is 2.57 bits per heavy atom. The first-order valence-electron chi connectivity index (χ1n) is 6.32. The van der Waals surface area contributed by atoms with Crippen molar-refractivity contribution in [1.82, 2.24) is 0 Å². The SMILES string of the molecule is COc1cccc(CC(C(=O)O)c2ccc(Cl)c(Cl)c2)c1. The number of rotatable bonds is 5. The van der Waals surface area contributed by atoms with Gasteiger partial charge in [0.1, 0.15) is 5.75 Å². The number of carboxylic acid groups (broad SMARTS) is 1. The van der Waals surface area contributed by atoms with Crippen LogP contribution in [0.1, 0.15) is 17.0 Å². The Bertz CT molecular complexity index is 656. The van der Waals surface area contributed by atoms with E-state index in [2.05, 4.69) is 0 Å². The molecular weight excluding hydrogens is 311 g/mol. The summed E-state index contributed by atoms with van der Waals surface area (Å²) in [5.74, 6) is -0.895. The highest BCUT2D eigenvalue weighted by Crippen LogP contribution is 2.29. The minimum atomic E-state index is -0.906. The Kier molecular flexibility index (Phi) is 5.10. The summed E-state index contributed by atoms with van der Waals surface area (Å²) in [5, 5.41) is 10.2. The lowest BCUT2D eigenvalue weighted by Crippen LogP contribution is -2.14. The second-order valence-corrected chi connectivity index (χ2v) is 5.43. The molecule has 0 radical (unpaired) electrons. The molecule has 110 valence electrons. The average molecular weight is 325 g/mol. The number of halogens is 2. The predicted octanol–water partition coefficient (Wildman–Crippen LogP) is 4.41. The monoisotopic (exact) mass is 324 g/mol. The Hall–Kier alpha value is -1.71. The third-order valence-corrected chi connectivity index (χ3v) is 3.96. The van der Waals surface area contributed by atoms with Gasteiger partial charge in [-0.3, -0.25) is 4.79 Å². The van der Waals surface area contributed by atoms with Gasteiger partial charge >= 0.3 is 5.97 Å². The van der Waals surface area contributed by atoms with E-state index in [0.717, 1.165) is 5.56 Å². The van der Waals surface area contributed by atoms with Gasteiger partial charge in [-0.05, 0) is 41.8 Å². The van der Waals surface area contributed by atoms with E-state index >= 15 is 0 Å². The highest BCUT2D eigenvalue weighted by atomic mass is 35.5. The van der Waals surface area contributed by atoms with Crippen LogP contribution in [0.2, 0.25) is 10.0 Å². The van der Waals surface area contributed by atoms with Gasteiger partial charge in [-0.25, -0.2) is 0 Å². The third-order valence-electron chi connectivity index (χ3n) is 3.22. The molecule has 3 nitrogen and oxygen atoms in total. The Morgan fingerprint density at radius 1 is 1.19 bits per heavy atom. The number of methoxy groups -OCH3 is 1. The van der Waals surface area contributed by atoms with E-state index < -0.39 is 11.9 Å². The molecule has 1 N–H and O–H groups in total. The van der Waals surface area contributed by atoms with Crippen LogP contribution >= 0.6 is 23.2 Å². The van der Waals surface area contributed by atoms with Crippen LogP contribution in [0.25, 0.3) is 0 Å². The van der Waals surface area contributed by atoms with Crippen LogP contribution in [0.5, 0.6) is 5.75 Å². The maximum Gasteiger partial charge on any atom is 0.311 e. The van der Waals surface area contributed by atoms with Crippen molar-refractivity contribution in [2.75, 3.05) is 7.11 Å². The summed E-state index contributed by atoms with van der Waals surface area (Å²) in [5.41, 5.74) is 1.51. The van der Waals surface area contributed by atoms with Crippen molar-refractivity contribution in [1.29, 1.82) is 0 Å². The van der Waals surface area contributed by atoms with E-state index in [1.807, 2.05) is 24.3 Å². The van der Waals surface area contributed by atoms with Crippen LogP contribution in [-0.2, 0) is 11.2 Å². The quantitative estimate of drug-likeness (QED) is 0.885. The van der Waals surface area contributed by atoms with Crippen molar-refractivity contribution in [3.8, 4) is 5.75 Å². The molecule has 0 aliphatic heterocycles.